The summed E-state index contributed by atoms with van der Waals surface area (Å²) < 4.78 is 78.3. The summed E-state index contributed by atoms with van der Waals surface area (Å²) in [7, 11) is 1.38. The normalized spacial score (nSPS) is 20.8. The maximum atomic E-state index is 14.6. The van der Waals surface area contributed by atoms with Crippen molar-refractivity contribution in [2.45, 2.75) is 24.2 Å². The smallest absolute Gasteiger partial charge is 0.411 e. The number of nitrogens with one attached hydrogen (secondary N) is 1. The van der Waals surface area contributed by atoms with Gasteiger partial charge in [0.15, 0.2) is 11.6 Å². The average molecular weight is 479 g/mol. The van der Waals surface area contributed by atoms with Gasteiger partial charge in [-0.2, -0.15) is 13.2 Å². The second kappa shape index (κ2) is 8.77. The molecule has 172 valence electrons. The molecule has 7 nitrogen and oxygen atoms in total. The lowest BCUT2D eigenvalue weighted by Gasteiger charge is -2.38. The number of anilines is 1. The highest BCUT2D eigenvalue weighted by Crippen LogP contribution is 2.42. The van der Waals surface area contributed by atoms with Crippen LogP contribution in [0.2, 0.25) is 5.02 Å². The van der Waals surface area contributed by atoms with Gasteiger partial charge < -0.3 is 20.5 Å². The first kappa shape index (κ1) is 23.5. The van der Waals surface area contributed by atoms with E-state index in [-0.39, 0.29) is 16.4 Å². The van der Waals surface area contributed by atoms with Gasteiger partial charge in [0.2, 0.25) is 0 Å². The number of benzene rings is 1. The molecule has 0 unspecified atom stereocenters. The molecule has 13 heteroatoms. The molecular formula is C19H16ClF5N4O3. The van der Waals surface area contributed by atoms with Crippen LogP contribution in [-0.4, -0.2) is 42.9 Å². The van der Waals surface area contributed by atoms with E-state index >= 15 is 0 Å². The molecule has 3 N–H and O–H groups in total. The van der Waals surface area contributed by atoms with Crippen LogP contribution in [0, 0.1) is 5.82 Å². The molecule has 2 atom stereocenters. The Morgan fingerprint density at radius 2 is 2.12 bits per heavy atom. The summed E-state index contributed by atoms with van der Waals surface area (Å²) in [5, 5.41) is 2.34. The third kappa shape index (κ3) is 4.69. The summed E-state index contributed by atoms with van der Waals surface area (Å²) >= 11 is 6.00. The first-order valence-electron chi connectivity index (χ1n) is 8.95. The van der Waals surface area contributed by atoms with Crippen LogP contribution in [0.1, 0.15) is 22.5 Å². The van der Waals surface area contributed by atoms with Gasteiger partial charge in [0, 0.05) is 23.7 Å². The van der Waals surface area contributed by atoms with Crippen LogP contribution < -0.4 is 15.8 Å². The van der Waals surface area contributed by atoms with E-state index in [1.807, 2.05) is 0 Å². The topological polar surface area (TPSA) is 98.8 Å². The number of aromatic nitrogens is 1. The predicted molar refractivity (Wildman–Crippen MR) is 105 cm³/mol. The fourth-order valence-corrected chi connectivity index (χ4v) is 3.37. The molecule has 0 bridgehead atoms. The molecule has 1 aliphatic heterocycles. The fourth-order valence-electron chi connectivity index (χ4n) is 3.13. The van der Waals surface area contributed by atoms with E-state index in [1.54, 1.807) is 0 Å². The Labute approximate surface area is 183 Å². The number of aliphatic imine (C=N–C) groups is 1. The SMILES string of the molecule is COc1cnc(C(=O)Nc2ccc(F)c([C@]3(CF)C[C@@H](C(F)(F)F)N=C(N)O3)c2)c(Cl)c1. The lowest BCUT2D eigenvalue weighted by molar-refractivity contribution is -0.167. The maximum Gasteiger partial charge on any atom is 0.411 e. The Morgan fingerprint density at radius 3 is 2.72 bits per heavy atom. The first-order valence-corrected chi connectivity index (χ1v) is 9.33. The van der Waals surface area contributed by atoms with Gasteiger partial charge in [-0.15, -0.1) is 0 Å². The molecule has 0 radical (unpaired) electrons. The van der Waals surface area contributed by atoms with Crippen molar-refractivity contribution < 1.29 is 36.2 Å². The van der Waals surface area contributed by atoms with Crippen molar-refractivity contribution in [3.63, 3.8) is 0 Å². The van der Waals surface area contributed by atoms with E-state index in [0.29, 0.717) is 5.75 Å². The number of methoxy groups -OCH3 is 1. The van der Waals surface area contributed by atoms with Crippen LogP contribution in [0.3, 0.4) is 0 Å². The number of rotatable bonds is 5. The summed E-state index contributed by atoms with van der Waals surface area (Å²) in [4.78, 5) is 19.5. The van der Waals surface area contributed by atoms with Crippen molar-refractivity contribution in [3.8, 4) is 5.75 Å². The van der Waals surface area contributed by atoms with Crippen molar-refractivity contribution in [3.05, 3.63) is 52.6 Å². The van der Waals surface area contributed by atoms with Crippen molar-refractivity contribution in [1.82, 2.24) is 4.98 Å². The minimum absolute atomic E-state index is 0.0444. The molecule has 0 fully saturated rings. The minimum Gasteiger partial charge on any atom is -0.495 e. The van der Waals surface area contributed by atoms with Gasteiger partial charge >= 0.3 is 6.18 Å². The minimum atomic E-state index is -4.85. The molecule has 1 amide bonds. The number of pyridine rings is 1. The fraction of sp³-hybridized carbons (Fsp3) is 0.316. The number of hydrogen-bond acceptors (Lipinski definition) is 6. The Kier molecular flexibility index (Phi) is 6.44. The van der Waals surface area contributed by atoms with Crippen LogP contribution in [-0.2, 0) is 10.3 Å². The molecule has 0 spiro atoms. The van der Waals surface area contributed by atoms with Crippen molar-refractivity contribution in [2.24, 2.45) is 10.7 Å². The number of nitrogens with two attached hydrogens (primary N) is 1. The number of hydrogen-bond donors (Lipinski definition) is 2. The maximum absolute atomic E-state index is 14.6. The summed E-state index contributed by atoms with van der Waals surface area (Å²) in [6, 6.07) is 0.940. The van der Waals surface area contributed by atoms with E-state index in [4.69, 9.17) is 26.8 Å². The molecule has 1 aliphatic rings. The zero-order chi connectivity index (χ0) is 23.7. The largest absolute Gasteiger partial charge is 0.495 e. The molecular weight excluding hydrogens is 463 g/mol. The van der Waals surface area contributed by atoms with E-state index in [2.05, 4.69) is 15.3 Å². The number of ether oxygens (including phenoxy) is 2. The molecule has 0 saturated heterocycles. The number of halogens is 6. The van der Waals surface area contributed by atoms with Gasteiger partial charge in [-0.25, -0.2) is 18.8 Å². The van der Waals surface area contributed by atoms with Gasteiger partial charge in [0.05, 0.1) is 18.3 Å². The Hall–Kier alpha value is -3.15. The zero-order valence-electron chi connectivity index (χ0n) is 16.3. The van der Waals surface area contributed by atoms with Crippen molar-refractivity contribution in [1.29, 1.82) is 0 Å². The molecule has 2 aromatic rings. The van der Waals surface area contributed by atoms with Crippen LogP contribution in [0.4, 0.5) is 27.6 Å². The van der Waals surface area contributed by atoms with Gasteiger partial charge in [-0.3, -0.25) is 4.79 Å². The summed E-state index contributed by atoms with van der Waals surface area (Å²) in [6.07, 6.45) is -4.66. The van der Waals surface area contributed by atoms with E-state index in [0.717, 1.165) is 18.2 Å². The molecule has 0 aliphatic carbocycles. The lowest BCUT2D eigenvalue weighted by Crippen LogP contribution is -2.48. The molecule has 3 rings (SSSR count). The third-order valence-corrected chi connectivity index (χ3v) is 4.97. The van der Waals surface area contributed by atoms with Gasteiger partial charge in [0.1, 0.15) is 23.9 Å². The van der Waals surface area contributed by atoms with Crippen molar-refractivity contribution >= 4 is 29.2 Å². The van der Waals surface area contributed by atoms with Gasteiger partial charge in [0.25, 0.3) is 11.9 Å². The Bertz CT molecular complexity index is 1070. The quantitative estimate of drug-likeness (QED) is 0.634. The highest BCUT2D eigenvalue weighted by Gasteiger charge is 2.52. The number of amides is 1. The number of alkyl halides is 4. The molecule has 0 saturated carbocycles. The monoisotopic (exact) mass is 478 g/mol. The summed E-state index contributed by atoms with van der Waals surface area (Å²) in [5.74, 6) is -1.56. The van der Waals surface area contributed by atoms with E-state index < -0.39 is 54.2 Å². The average Bonchev–Trinajstić information content (AvgIpc) is 2.73. The summed E-state index contributed by atoms with van der Waals surface area (Å²) in [6.45, 7) is -1.53. The number of carbonyl (C=O) groups excluding carboxylic acids is 1. The second-order valence-corrected chi connectivity index (χ2v) is 7.22. The third-order valence-electron chi connectivity index (χ3n) is 4.68. The molecule has 32 heavy (non-hydrogen) atoms. The predicted octanol–water partition coefficient (Wildman–Crippen LogP) is 3.97. The van der Waals surface area contributed by atoms with Crippen LogP contribution in [0.5, 0.6) is 5.75 Å². The number of nitrogens with zero attached hydrogens (tertiary/aromatic N) is 2. The molecule has 1 aromatic heterocycles. The van der Waals surface area contributed by atoms with Gasteiger partial charge in [-0.1, -0.05) is 11.6 Å². The zero-order valence-corrected chi connectivity index (χ0v) is 17.1. The first-order chi connectivity index (χ1) is 15.0. The Balaban J connectivity index is 1.94. The van der Waals surface area contributed by atoms with Crippen molar-refractivity contribution in [2.75, 3.05) is 19.1 Å². The second-order valence-electron chi connectivity index (χ2n) is 6.81. The Morgan fingerprint density at radius 1 is 1.41 bits per heavy atom. The van der Waals surface area contributed by atoms with E-state index in [9.17, 15) is 26.7 Å². The molecule has 2 heterocycles. The van der Waals surface area contributed by atoms with Crippen LogP contribution in [0.25, 0.3) is 0 Å². The standard InChI is InChI=1S/C19H16ClF5N4O3/c1-31-10-5-12(20)15(27-7-10)16(30)28-9-2-3-13(22)11(4-9)18(8-21)6-14(19(23,24)25)29-17(26)32-18/h2-5,7,14H,6,8H2,1H3,(H2,26,29)(H,28,30)/t14-,18+/m0/s1. The number of carbonyl (C=O) groups is 1. The highest BCUT2D eigenvalue weighted by molar-refractivity contribution is 6.34. The van der Waals surface area contributed by atoms with E-state index in [1.165, 1.54) is 19.4 Å². The highest BCUT2D eigenvalue weighted by atomic mass is 35.5. The number of amidine groups is 1. The molecule has 1 aromatic carbocycles. The van der Waals surface area contributed by atoms with Gasteiger partial charge in [-0.05, 0) is 18.2 Å². The van der Waals surface area contributed by atoms with Crippen LogP contribution in [0.15, 0.2) is 35.5 Å². The summed E-state index contributed by atoms with van der Waals surface area (Å²) in [5.41, 5.74) is 2.10. The lowest BCUT2D eigenvalue weighted by atomic mass is 9.86. The van der Waals surface area contributed by atoms with Crippen LogP contribution >= 0.6 is 11.6 Å².